The molecule has 0 spiro atoms. The Kier molecular flexibility index (Phi) is 5.57. The second-order valence-electron chi connectivity index (χ2n) is 7.19. The predicted molar refractivity (Wildman–Crippen MR) is 108 cm³/mol. The van der Waals surface area contributed by atoms with Gasteiger partial charge in [-0.3, -0.25) is 0 Å². The summed E-state index contributed by atoms with van der Waals surface area (Å²) in [5.41, 5.74) is 0.223. The van der Waals surface area contributed by atoms with Gasteiger partial charge in [-0.05, 0) is 0 Å². The standard InChI is InChI=1S/C21H20O11/c1-29-14-3-8(2-12(25)17(14)26)20-15(31-21-19(28)18(27)16(7-22)32-21)6-10-11(24)4-9(23)5-13(10)30-20/h2-6,16,18-19,21-22,27-28H,7H2,1H3,(H3-,23,24,25,26)/p+1/t16-,18-,19+,21?/m1/s1. The maximum absolute atomic E-state index is 10.2. The molecule has 3 aromatic rings. The Balaban J connectivity index is 1.88. The van der Waals surface area contributed by atoms with Crippen LogP contribution < -0.4 is 9.47 Å². The summed E-state index contributed by atoms with van der Waals surface area (Å²) in [7, 11) is 1.28. The quantitative estimate of drug-likeness (QED) is 0.218. The van der Waals surface area contributed by atoms with Crippen LogP contribution in [-0.2, 0) is 4.74 Å². The molecule has 2 heterocycles. The van der Waals surface area contributed by atoms with Gasteiger partial charge in [0.15, 0.2) is 11.5 Å². The number of methoxy groups -OCH3 is 1. The summed E-state index contributed by atoms with van der Waals surface area (Å²) in [5, 5.41) is 69.7. The number of ether oxygens (including phenoxy) is 3. The number of rotatable bonds is 5. The summed E-state index contributed by atoms with van der Waals surface area (Å²) in [6.45, 7) is -0.559. The van der Waals surface area contributed by atoms with Crippen LogP contribution >= 0.6 is 0 Å². The fourth-order valence-electron chi connectivity index (χ4n) is 3.44. The third-order valence-corrected chi connectivity index (χ3v) is 5.09. The first-order valence-electron chi connectivity index (χ1n) is 9.45. The number of aliphatic hydroxyl groups is 3. The molecule has 11 heteroatoms. The van der Waals surface area contributed by atoms with Gasteiger partial charge in [0, 0.05) is 24.3 Å². The minimum atomic E-state index is -1.51. The van der Waals surface area contributed by atoms with Crippen molar-refractivity contribution in [2.75, 3.05) is 13.7 Å². The summed E-state index contributed by atoms with van der Waals surface area (Å²) in [6, 6.07) is 6.17. The molecule has 170 valence electrons. The molecule has 1 unspecified atom stereocenters. The van der Waals surface area contributed by atoms with Crippen molar-refractivity contribution in [3.8, 4) is 45.8 Å². The van der Waals surface area contributed by atoms with Gasteiger partial charge in [0.25, 0.3) is 0 Å². The summed E-state index contributed by atoms with van der Waals surface area (Å²) >= 11 is 0. The molecule has 11 nitrogen and oxygen atoms in total. The van der Waals surface area contributed by atoms with Crippen molar-refractivity contribution in [3.05, 3.63) is 30.3 Å². The molecule has 0 saturated carbocycles. The second-order valence-corrected chi connectivity index (χ2v) is 7.19. The van der Waals surface area contributed by atoms with Crippen LogP contribution in [0.5, 0.6) is 34.5 Å². The van der Waals surface area contributed by atoms with Gasteiger partial charge in [0.1, 0.15) is 35.2 Å². The van der Waals surface area contributed by atoms with Crippen LogP contribution in [0.4, 0.5) is 0 Å². The van der Waals surface area contributed by atoms with Crippen LogP contribution in [0.15, 0.2) is 34.7 Å². The molecular formula is C21H21O11+. The Bertz CT molecular complexity index is 1160. The van der Waals surface area contributed by atoms with Crippen LogP contribution in [-0.4, -0.2) is 74.1 Å². The number of benzene rings is 2. The summed E-state index contributed by atoms with van der Waals surface area (Å²) in [5.74, 6) is -1.83. The topological polar surface area (TPSA) is 181 Å². The fourth-order valence-corrected chi connectivity index (χ4v) is 3.44. The zero-order valence-electron chi connectivity index (χ0n) is 16.7. The Labute approximate surface area is 180 Å². The number of phenolic OH excluding ortho intramolecular Hbond substituents is 4. The van der Waals surface area contributed by atoms with Gasteiger partial charge in [0.2, 0.25) is 17.8 Å². The van der Waals surface area contributed by atoms with E-state index in [0.29, 0.717) is 0 Å². The van der Waals surface area contributed by atoms with E-state index in [0.717, 1.165) is 12.1 Å². The lowest BCUT2D eigenvalue weighted by Gasteiger charge is -2.16. The molecule has 1 aliphatic heterocycles. The van der Waals surface area contributed by atoms with Crippen LogP contribution in [0.3, 0.4) is 0 Å². The van der Waals surface area contributed by atoms with E-state index in [1.165, 1.54) is 25.3 Å². The minimum Gasteiger partial charge on any atom is -0.507 e. The average Bonchev–Trinajstić information content (AvgIpc) is 3.03. The third kappa shape index (κ3) is 3.67. The summed E-state index contributed by atoms with van der Waals surface area (Å²) in [6.07, 6.45) is -5.40. The zero-order chi connectivity index (χ0) is 23.2. The highest BCUT2D eigenvalue weighted by atomic mass is 16.7. The first-order valence-corrected chi connectivity index (χ1v) is 9.45. The van der Waals surface area contributed by atoms with Crippen molar-refractivity contribution in [2.45, 2.75) is 24.6 Å². The molecule has 0 bridgehead atoms. The number of aromatic hydroxyl groups is 4. The largest absolute Gasteiger partial charge is 0.507 e. The second kappa shape index (κ2) is 8.20. The maximum atomic E-state index is 10.2. The molecule has 0 aliphatic carbocycles. The lowest BCUT2D eigenvalue weighted by molar-refractivity contribution is -0.116. The Morgan fingerprint density at radius 2 is 1.69 bits per heavy atom. The van der Waals surface area contributed by atoms with Gasteiger partial charge in [0.05, 0.1) is 25.3 Å². The van der Waals surface area contributed by atoms with Crippen molar-refractivity contribution >= 4 is 11.0 Å². The van der Waals surface area contributed by atoms with E-state index >= 15 is 0 Å². The molecule has 0 amide bonds. The van der Waals surface area contributed by atoms with Gasteiger partial charge < -0.3 is 50.0 Å². The molecule has 4 atom stereocenters. The first-order chi connectivity index (χ1) is 15.2. The summed E-state index contributed by atoms with van der Waals surface area (Å²) < 4.78 is 21.9. The fraction of sp³-hybridized carbons (Fsp3) is 0.286. The van der Waals surface area contributed by atoms with Gasteiger partial charge in [-0.1, -0.05) is 0 Å². The highest BCUT2D eigenvalue weighted by molar-refractivity contribution is 5.88. The molecular weight excluding hydrogens is 428 g/mol. The van der Waals surface area contributed by atoms with Crippen LogP contribution in [0.25, 0.3) is 22.3 Å². The van der Waals surface area contributed by atoms with E-state index < -0.39 is 42.7 Å². The van der Waals surface area contributed by atoms with Gasteiger partial charge in [-0.2, -0.15) is 0 Å². The SMILES string of the molecule is COc1cc(-c2[o+]c3cc(O)cc(O)c3cc2OC2O[C@H](CO)[C@@H](O)[C@@H]2O)cc(O)c1O. The van der Waals surface area contributed by atoms with Crippen molar-refractivity contribution < 1.29 is 54.4 Å². The van der Waals surface area contributed by atoms with Crippen LogP contribution in [0, 0.1) is 0 Å². The number of fused-ring (bicyclic) bond motifs is 1. The molecule has 2 aromatic carbocycles. The predicted octanol–water partition coefficient (Wildman–Crippen LogP) is 1.03. The average molecular weight is 449 g/mol. The van der Waals surface area contributed by atoms with E-state index in [4.69, 9.17) is 18.6 Å². The molecule has 32 heavy (non-hydrogen) atoms. The van der Waals surface area contributed by atoms with Crippen LogP contribution in [0.1, 0.15) is 0 Å². The Morgan fingerprint density at radius 1 is 0.938 bits per heavy atom. The lowest BCUT2D eigenvalue weighted by Crippen LogP contribution is -2.35. The number of hydrogen-bond donors (Lipinski definition) is 7. The third-order valence-electron chi connectivity index (χ3n) is 5.09. The van der Waals surface area contributed by atoms with Crippen molar-refractivity contribution in [1.82, 2.24) is 0 Å². The molecule has 1 saturated heterocycles. The van der Waals surface area contributed by atoms with Crippen LogP contribution in [0.2, 0.25) is 0 Å². The lowest BCUT2D eigenvalue weighted by atomic mass is 10.1. The molecule has 1 aliphatic rings. The monoisotopic (exact) mass is 449 g/mol. The molecule has 1 fully saturated rings. The van der Waals surface area contributed by atoms with Gasteiger partial charge >= 0.3 is 11.3 Å². The highest BCUT2D eigenvalue weighted by Gasteiger charge is 2.45. The number of phenols is 4. The van der Waals surface area contributed by atoms with Gasteiger partial charge in [-0.15, -0.1) is 0 Å². The smallest absolute Gasteiger partial charge is 0.402 e. The minimum absolute atomic E-state index is 0.0474. The molecule has 7 N–H and O–H groups in total. The van der Waals surface area contributed by atoms with E-state index in [9.17, 15) is 35.7 Å². The Morgan fingerprint density at radius 3 is 2.34 bits per heavy atom. The van der Waals surface area contributed by atoms with E-state index in [1.54, 1.807) is 0 Å². The molecule has 1 aromatic heterocycles. The number of hydrogen-bond acceptors (Lipinski definition) is 10. The molecule has 0 radical (unpaired) electrons. The van der Waals surface area contributed by atoms with E-state index in [-0.39, 0.29) is 45.3 Å². The first kappa shape index (κ1) is 21.7. The Hall–Kier alpha value is -3.51. The highest BCUT2D eigenvalue weighted by Crippen LogP contribution is 2.45. The maximum Gasteiger partial charge on any atom is 0.402 e. The normalized spacial score (nSPS) is 22.9. The van der Waals surface area contributed by atoms with E-state index in [2.05, 4.69) is 0 Å². The van der Waals surface area contributed by atoms with E-state index in [1.807, 2.05) is 0 Å². The van der Waals surface area contributed by atoms with Crippen molar-refractivity contribution in [3.63, 3.8) is 0 Å². The number of aliphatic hydroxyl groups excluding tert-OH is 3. The molecule has 4 rings (SSSR count). The summed E-state index contributed by atoms with van der Waals surface area (Å²) in [4.78, 5) is 0. The zero-order valence-corrected chi connectivity index (χ0v) is 16.7. The van der Waals surface area contributed by atoms with Crippen molar-refractivity contribution in [1.29, 1.82) is 0 Å². The van der Waals surface area contributed by atoms with Crippen molar-refractivity contribution in [2.24, 2.45) is 0 Å². The van der Waals surface area contributed by atoms with Gasteiger partial charge in [-0.25, -0.2) is 4.42 Å².